The third kappa shape index (κ3) is 4.66. The second kappa shape index (κ2) is 7.97. The van der Waals surface area contributed by atoms with Crippen molar-refractivity contribution < 1.29 is 23.4 Å². The Bertz CT molecular complexity index is 1040. The van der Waals surface area contributed by atoms with Gasteiger partial charge in [-0.1, -0.05) is 11.6 Å². The first-order valence-corrected chi connectivity index (χ1v) is 8.72. The van der Waals surface area contributed by atoms with Crippen molar-refractivity contribution in [3.8, 4) is 11.4 Å². The van der Waals surface area contributed by atoms with Gasteiger partial charge < -0.3 is 15.2 Å². The third-order valence-corrected chi connectivity index (χ3v) is 4.26. The van der Waals surface area contributed by atoms with Crippen molar-refractivity contribution >= 4 is 11.6 Å². The molecule has 2 atom stereocenters. The topological polar surface area (TPSA) is 122 Å². The van der Waals surface area contributed by atoms with Gasteiger partial charge in [-0.3, -0.25) is 4.57 Å². The highest BCUT2D eigenvalue weighted by atomic mass is 35.5. The number of hydrogen-bond donors (Lipinski definition) is 3. The molecule has 0 aliphatic heterocycles. The second-order valence-corrected chi connectivity index (χ2v) is 6.71. The lowest BCUT2D eigenvalue weighted by Crippen LogP contribution is -2.37. The van der Waals surface area contributed by atoms with Crippen molar-refractivity contribution in [1.29, 1.82) is 0 Å². The quantitative estimate of drug-likeness (QED) is 0.542. The summed E-state index contributed by atoms with van der Waals surface area (Å²) >= 11 is 5.83. The van der Waals surface area contributed by atoms with Crippen LogP contribution in [0.2, 0.25) is 5.02 Å². The summed E-state index contributed by atoms with van der Waals surface area (Å²) in [5, 5.41) is 30.9. The van der Waals surface area contributed by atoms with Gasteiger partial charge in [0.05, 0.1) is 6.54 Å². The minimum Gasteiger partial charge on any atom is -0.385 e. The Morgan fingerprint density at radius 3 is 2.41 bits per heavy atom. The molecule has 0 bridgehead atoms. The van der Waals surface area contributed by atoms with Crippen LogP contribution in [0.4, 0.5) is 13.2 Å². The van der Waals surface area contributed by atoms with E-state index in [0.717, 1.165) is 9.25 Å². The molecule has 0 fully saturated rings. The van der Waals surface area contributed by atoms with Gasteiger partial charge in [0.2, 0.25) is 0 Å². The number of rotatable bonds is 6. The van der Waals surface area contributed by atoms with E-state index in [9.17, 15) is 28.2 Å². The lowest BCUT2D eigenvalue weighted by molar-refractivity contribution is -0.207. The molecule has 0 aliphatic rings. The molecule has 3 N–H and O–H groups in total. The maximum absolute atomic E-state index is 12.8. The van der Waals surface area contributed by atoms with Crippen LogP contribution in [-0.4, -0.2) is 52.0 Å². The molecule has 0 amide bonds. The lowest BCUT2D eigenvalue weighted by Gasteiger charge is -2.15. The predicted molar refractivity (Wildman–Crippen MR) is 95.1 cm³/mol. The summed E-state index contributed by atoms with van der Waals surface area (Å²) in [6.07, 6.45) is -8.58. The van der Waals surface area contributed by atoms with E-state index in [2.05, 4.69) is 20.3 Å². The molecule has 0 aliphatic carbocycles. The molecule has 9 nitrogen and oxygen atoms in total. The number of nitrogens with zero attached hydrogens (tertiary/aromatic N) is 5. The van der Waals surface area contributed by atoms with Crippen LogP contribution in [0.25, 0.3) is 11.4 Å². The van der Waals surface area contributed by atoms with Gasteiger partial charge in [-0.2, -0.15) is 13.2 Å². The van der Waals surface area contributed by atoms with E-state index in [1.165, 1.54) is 31.2 Å². The van der Waals surface area contributed by atoms with E-state index in [4.69, 9.17) is 11.6 Å². The number of alkyl halides is 3. The Kier molecular flexibility index (Phi) is 5.78. The van der Waals surface area contributed by atoms with Gasteiger partial charge in [-0.05, 0) is 31.2 Å². The fourth-order valence-electron chi connectivity index (χ4n) is 2.51. The minimum atomic E-state index is -4.91. The fraction of sp³-hybridized carbons (Fsp3) is 0.375. The Morgan fingerprint density at radius 2 is 1.86 bits per heavy atom. The Morgan fingerprint density at radius 1 is 1.21 bits per heavy atom. The fourth-order valence-corrected chi connectivity index (χ4v) is 2.64. The van der Waals surface area contributed by atoms with Crippen LogP contribution in [0.5, 0.6) is 0 Å². The van der Waals surface area contributed by atoms with Crippen LogP contribution in [0.1, 0.15) is 24.7 Å². The zero-order chi connectivity index (χ0) is 21.3. The zero-order valence-electron chi connectivity index (χ0n) is 14.9. The molecule has 13 heteroatoms. The van der Waals surface area contributed by atoms with Gasteiger partial charge in [0.25, 0.3) is 0 Å². The van der Waals surface area contributed by atoms with Crippen molar-refractivity contribution in [3.63, 3.8) is 0 Å². The molecule has 0 saturated heterocycles. The maximum atomic E-state index is 12.8. The van der Waals surface area contributed by atoms with E-state index in [1.807, 2.05) is 0 Å². The normalized spacial score (nSPS) is 14.2. The van der Waals surface area contributed by atoms with E-state index in [-0.39, 0.29) is 24.0 Å². The van der Waals surface area contributed by atoms with Crippen molar-refractivity contribution in [2.45, 2.75) is 38.4 Å². The van der Waals surface area contributed by atoms with Crippen molar-refractivity contribution in [2.24, 2.45) is 0 Å². The first-order chi connectivity index (χ1) is 13.6. The number of benzene rings is 1. The van der Waals surface area contributed by atoms with Crippen LogP contribution in [0, 0.1) is 0 Å². The number of hydrogen-bond acceptors (Lipinski definition) is 6. The van der Waals surface area contributed by atoms with Crippen molar-refractivity contribution in [3.05, 3.63) is 51.4 Å². The molecule has 3 aromatic rings. The molecule has 2 aromatic heterocycles. The number of nitrogens with one attached hydrogen (secondary N) is 1. The van der Waals surface area contributed by atoms with E-state index in [1.54, 1.807) is 0 Å². The summed E-state index contributed by atoms with van der Waals surface area (Å²) in [7, 11) is 0. The van der Waals surface area contributed by atoms with Gasteiger partial charge in [0, 0.05) is 10.6 Å². The summed E-state index contributed by atoms with van der Waals surface area (Å²) in [5.74, 6) is 0.259. The molecular formula is C16H16ClF3N6O3. The van der Waals surface area contributed by atoms with Gasteiger partial charge in [-0.25, -0.2) is 9.48 Å². The standard InChI is InChI=1S/C16H16ClF3N6O3/c1-8(27)13-21-12(22-23-13)7-26-15(29)25(6-11(28)16(18,19)20)14(24-26)9-2-4-10(17)5-3-9/h2-5,8,11,27-28H,6-7H2,1H3,(H,21,22,23). The van der Waals surface area contributed by atoms with E-state index < -0.39 is 30.6 Å². The summed E-state index contributed by atoms with van der Waals surface area (Å²) in [6, 6.07) is 5.97. The van der Waals surface area contributed by atoms with Gasteiger partial charge >= 0.3 is 11.9 Å². The highest BCUT2D eigenvalue weighted by Gasteiger charge is 2.39. The molecule has 3 rings (SSSR count). The van der Waals surface area contributed by atoms with Crippen LogP contribution >= 0.6 is 11.6 Å². The number of H-pyrrole nitrogens is 1. The maximum Gasteiger partial charge on any atom is 0.416 e. The molecule has 2 heterocycles. The van der Waals surface area contributed by atoms with Gasteiger partial charge in [0.1, 0.15) is 12.6 Å². The Hall–Kier alpha value is -2.70. The van der Waals surface area contributed by atoms with Gasteiger partial charge in [0.15, 0.2) is 23.6 Å². The molecule has 29 heavy (non-hydrogen) atoms. The highest BCUT2D eigenvalue weighted by Crippen LogP contribution is 2.24. The zero-order valence-corrected chi connectivity index (χ0v) is 15.7. The summed E-state index contributed by atoms with van der Waals surface area (Å²) in [4.78, 5) is 15.4. The van der Waals surface area contributed by atoms with E-state index in [0.29, 0.717) is 10.6 Å². The average molecular weight is 433 g/mol. The number of halogens is 4. The van der Waals surface area contributed by atoms with Crippen molar-refractivity contribution in [2.75, 3.05) is 0 Å². The van der Waals surface area contributed by atoms with Crippen LogP contribution < -0.4 is 5.69 Å². The average Bonchev–Trinajstić information content (AvgIpc) is 3.22. The first-order valence-electron chi connectivity index (χ1n) is 8.34. The smallest absolute Gasteiger partial charge is 0.385 e. The lowest BCUT2D eigenvalue weighted by atomic mass is 10.2. The van der Waals surface area contributed by atoms with Crippen LogP contribution in [-0.2, 0) is 13.1 Å². The molecule has 156 valence electrons. The number of aromatic nitrogens is 6. The highest BCUT2D eigenvalue weighted by molar-refractivity contribution is 6.30. The Labute approximate surface area is 166 Å². The van der Waals surface area contributed by atoms with Gasteiger partial charge in [-0.15, -0.1) is 15.3 Å². The molecule has 0 saturated carbocycles. The Balaban J connectivity index is 2.02. The molecule has 2 unspecified atom stereocenters. The first kappa shape index (κ1) is 21.0. The number of aliphatic hydroxyl groups is 2. The molecule has 0 spiro atoms. The molecule has 1 aromatic carbocycles. The predicted octanol–water partition coefficient (Wildman–Crippen LogP) is 1.51. The minimum absolute atomic E-state index is 0.0785. The third-order valence-electron chi connectivity index (χ3n) is 4.00. The second-order valence-electron chi connectivity index (χ2n) is 6.27. The van der Waals surface area contributed by atoms with Crippen LogP contribution in [0.15, 0.2) is 29.1 Å². The monoisotopic (exact) mass is 432 g/mol. The summed E-state index contributed by atoms with van der Waals surface area (Å²) < 4.78 is 40.1. The SMILES string of the molecule is CC(O)c1nnc(Cn2nc(-c3ccc(Cl)cc3)n(CC(O)C(F)(F)F)c2=O)[nH]1. The van der Waals surface area contributed by atoms with E-state index >= 15 is 0 Å². The largest absolute Gasteiger partial charge is 0.416 e. The molecule has 0 radical (unpaired) electrons. The van der Waals surface area contributed by atoms with Crippen molar-refractivity contribution in [1.82, 2.24) is 29.5 Å². The summed E-state index contributed by atoms with van der Waals surface area (Å²) in [5.41, 5.74) is -0.546. The number of aliphatic hydroxyl groups excluding tert-OH is 2. The number of aromatic amines is 1. The molecular weight excluding hydrogens is 417 g/mol. The summed E-state index contributed by atoms with van der Waals surface area (Å²) in [6.45, 7) is 0.201. The van der Waals surface area contributed by atoms with Crippen LogP contribution in [0.3, 0.4) is 0 Å².